The molecule has 0 bridgehead atoms. The molecule has 60 valence electrons. The second-order valence-corrected chi connectivity index (χ2v) is 3.62. The van der Waals surface area contributed by atoms with Crippen molar-refractivity contribution in [3.8, 4) is 0 Å². The molecule has 0 saturated carbocycles. The first kappa shape index (κ1) is 8.81. The largest absolute Gasteiger partial charge is 0.310 e. The molecule has 1 nitrogen and oxygen atoms in total. The monoisotopic (exact) mass is 185 g/mol. The summed E-state index contributed by atoms with van der Waals surface area (Å²) in [6.45, 7) is 2.08. The van der Waals surface area contributed by atoms with Crippen LogP contribution in [0.5, 0.6) is 0 Å². The van der Waals surface area contributed by atoms with E-state index in [4.69, 9.17) is 0 Å². The van der Waals surface area contributed by atoms with Gasteiger partial charge in [-0.1, -0.05) is 23.8 Å². The number of nitrogens with zero attached hydrogens (tertiary/aromatic N) is 1. The minimum Gasteiger partial charge on any atom is -0.310 e. The lowest BCUT2D eigenvalue weighted by molar-refractivity contribution is 1.34. The van der Waals surface area contributed by atoms with Crippen molar-refractivity contribution in [2.75, 3.05) is 11.4 Å². The molecule has 3 heteroatoms. The lowest BCUT2D eigenvalue weighted by Gasteiger charge is -2.14. The minimum absolute atomic E-state index is 1.19. The molecular weight excluding hydrogens is 174 g/mol. The van der Waals surface area contributed by atoms with E-state index < -0.39 is 0 Å². The highest BCUT2D eigenvalue weighted by Gasteiger charge is 1.97. The highest BCUT2D eigenvalue weighted by atomic mass is 33.1. The van der Waals surface area contributed by atoms with Crippen LogP contribution in [0.15, 0.2) is 24.3 Å². The summed E-state index contributed by atoms with van der Waals surface area (Å²) in [5.41, 5.74) is 2.46. The third-order valence-corrected chi connectivity index (χ3v) is 2.68. The summed E-state index contributed by atoms with van der Waals surface area (Å²) in [5.74, 6) is 0. The van der Waals surface area contributed by atoms with Gasteiger partial charge in [-0.05, 0) is 24.6 Å². The fourth-order valence-corrected chi connectivity index (χ4v) is 1.36. The highest BCUT2D eigenvalue weighted by molar-refractivity contribution is 8.69. The van der Waals surface area contributed by atoms with Gasteiger partial charge in [0, 0.05) is 23.7 Å². The van der Waals surface area contributed by atoms with Crippen molar-refractivity contribution in [1.29, 1.82) is 0 Å². The Morgan fingerprint density at radius 1 is 1.45 bits per heavy atom. The Balaban J connectivity index is 2.86. The van der Waals surface area contributed by atoms with Crippen LogP contribution >= 0.6 is 22.6 Å². The maximum atomic E-state index is 4.10. The number of rotatable bonds is 2. The van der Waals surface area contributed by atoms with E-state index in [1.54, 1.807) is 0 Å². The van der Waals surface area contributed by atoms with Gasteiger partial charge in [0.25, 0.3) is 0 Å². The van der Waals surface area contributed by atoms with Gasteiger partial charge in [-0.2, -0.15) is 0 Å². The highest BCUT2D eigenvalue weighted by Crippen LogP contribution is 2.22. The number of aryl methyl sites for hydroxylation is 1. The van der Waals surface area contributed by atoms with Gasteiger partial charge in [0.2, 0.25) is 0 Å². The van der Waals surface area contributed by atoms with Crippen molar-refractivity contribution in [1.82, 2.24) is 0 Å². The fourth-order valence-electron chi connectivity index (χ4n) is 0.871. The lowest BCUT2D eigenvalue weighted by atomic mass is 10.2. The van der Waals surface area contributed by atoms with E-state index in [1.807, 2.05) is 17.4 Å². The predicted octanol–water partition coefficient (Wildman–Crippen LogP) is 2.92. The van der Waals surface area contributed by atoms with Gasteiger partial charge < -0.3 is 4.31 Å². The summed E-state index contributed by atoms with van der Waals surface area (Å²) in [5, 5.41) is 0. The van der Waals surface area contributed by atoms with E-state index in [2.05, 4.69) is 36.8 Å². The number of hydrogen-bond donors (Lipinski definition) is 1. The maximum Gasteiger partial charge on any atom is 0.0477 e. The number of benzene rings is 1. The first-order valence-corrected chi connectivity index (χ1v) is 5.18. The molecule has 0 saturated heterocycles. The summed E-state index contributed by atoms with van der Waals surface area (Å²) in [7, 11) is 3.41. The molecule has 0 radical (unpaired) electrons. The SMILES string of the molecule is Cc1cccc(N(C)SS)c1. The molecule has 0 amide bonds. The molecule has 0 fully saturated rings. The second kappa shape index (κ2) is 3.93. The zero-order valence-corrected chi connectivity index (χ0v) is 8.32. The maximum absolute atomic E-state index is 4.10. The van der Waals surface area contributed by atoms with Crippen molar-refractivity contribution in [2.45, 2.75) is 6.92 Å². The third kappa shape index (κ3) is 2.34. The quantitative estimate of drug-likeness (QED) is 0.429. The van der Waals surface area contributed by atoms with Crippen LogP contribution in [0.4, 0.5) is 5.69 Å². The Bertz CT molecular complexity index is 237. The van der Waals surface area contributed by atoms with Gasteiger partial charge in [-0.25, -0.2) is 0 Å². The molecule has 11 heavy (non-hydrogen) atoms. The van der Waals surface area contributed by atoms with Gasteiger partial charge in [-0.15, -0.1) is 0 Å². The van der Waals surface area contributed by atoms with E-state index in [0.717, 1.165) is 0 Å². The second-order valence-electron chi connectivity index (χ2n) is 2.42. The van der Waals surface area contributed by atoms with Gasteiger partial charge in [0.05, 0.1) is 0 Å². The third-order valence-electron chi connectivity index (χ3n) is 1.49. The molecular formula is C8H11NS2. The van der Waals surface area contributed by atoms with E-state index in [9.17, 15) is 0 Å². The Morgan fingerprint density at radius 3 is 2.73 bits per heavy atom. The molecule has 1 aromatic carbocycles. The molecule has 0 aliphatic carbocycles. The lowest BCUT2D eigenvalue weighted by Crippen LogP contribution is -2.02. The minimum atomic E-state index is 1.19. The Hall–Kier alpha value is -0.280. The number of hydrogen-bond acceptors (Lipinski definition) is 3. The summed E-state index contributed by atoms with van der Waals surface area (Å²) in [6, 6.07) is 8.32. The normalized spacial score (nSPS) is 9.73. The molecule has 0 unspecified atom stereocenters. The Morgan fingerprint density at radius 2 is 2.18 bits per heavy atom. The van der Waals surface area contributed by atoms with Crippen LogP contribution in [0, 0.1) is 6.92 Å². The van der Waals surface area contributed by atoms with E-state index in [0.29, 0.717) is 0 Å². The van der Waals surface area contributed by atoms with E-state index >= 15 is 0 Å². The summed E-state index contributed by atoms with van der Waals surface area (Å²) < 4.78 is 2.01. The molecule has 0 aliphatic heterocycles. The first-order chi connectivity index (χ1) is 5.24. The van der Waals surface area contributed by atoms with Crippen LogP contribution in [0.3, 0.4) is 0 Å². The van der Waals surface area contributed by atoms with Crippen LogP contribution < -0.4 is 4.31 Å². The fraction of sp³-hybridized carbons (Fsp3) is 0.250. The van der Waals surface area contributed by atoms with E-state index in [1.165, 1.54) is 22.2 Å². The average molecular weight is 185 g/mol. The van der Waals surface area contributed by atoms with Gasteiger partial charge in [-0.3, -0.25) is 0 Å². The van der Waals surface area contributed by atoms with E-state index in [-0.39, 0.29) is 0 Å². The molecule has 0 spiro atoms. The summed E-state index contributed by atoms with van der Waals surface area (Å²) >= 11 is 4.10. The summed E-state index contributed by atoms with van der Waals surface area (Å²) in [4.78, 5) is 0. The van der Waals surface area contributed by atoms with Crippen LogP contribution in [0.1, 0.15) is 5.56 Å². The van der Waals surface area contributed by atoms with Crippen molar-refractivity contribution < 1.29 is 0 Å². The molecule has 1 rings (SSSR count). The smallest absolute Gasteiger partial charge is 0.0477 e. The van der Waals surface area contributed by atoms with Crippen molar-refractivity contribution >= 4 is 28.3 Å². The molecule has 0 aliphatic rings. The number of anilines is 1. The van der Waals surface area contributed by atoms with Gasteiger partial charge in [0.15, 0.2) is 0 Å². The standard InChI is InChI=1S/C8H11NS2/c1-7-4-3-5-8(6-7)9(2)11-10/h3-6,10H,1-2H3. The molecule has 0 atom stereocenters. The van der Waals surface area contributed by atoms with Crippen LogP contribution in [-0.2, 0) is 0 Å². The van der Waals surface area contributed by atoms with Gasteiger partial charge in [0.1, 0.15) is 0 Å². The number of thiol groups is 1. The van der Waals surface area contributed by atoms with Crippen molar-refractivity contribution in [2.24, 2.45) is 0 Å². The topological polar surface area (TPSA) is 3.24 Å². The molecule has 0 N–H and O–H groups in total. The average Bonchev–Trinajstić information content (AvgIpc) is 2.03. The molecule has 1 aromatic rings. The summed E-state index contributed by atoms with van der Waals surface area (Å²) in [6.07, 6.45) is 0. The van der Waals surface area contributed by atoms with Crippen molar-refractivity contribution in [3.05, 3.63) is 29.8 Å². The Kier molecular flexibility index (Phi) is 3.15. The molecule has 0 aromatic heterocycles. The molecule has 0 heterocycles. The Labute approximate surface area is 76.7 Å². The van der Waals surface area contributed by atoms with Gasteiger partial charge >= 0.3 is 0 Å². The first-order valence-electron chi connectivity index (χ1n) is 3.36. The zero-order chi connectivity index (χ0) is 8.27. The van der Waals surface area contributed by atoms with Crippen molar-refractivity contribution in [3.63, 3.8) is 0 Å². The van der Waals surface area contributed by atoms with Crippen LogP contribution in [-0.4, -0.2) is 7.05 Å². The predicted molar refractivity (Wildman–Crippen MR) is 56.2 cm³/mol. The zero-order valence-electron chi connectivity index (χ0n) is 6.61. The van der Waals surface area contributed by atoms with Crippen LogP contribution in [0.2, 0.25) is 0 Å². The van der Waals surface area contributed by atoms with Crippen LogP contribution in [0.25, 0.3) is 0 Å².